The first kappa shape index (κ1) is 12.6. The molecule has 0 radical (unpaired) electrons. The van der Waals surface area contributed by atoms with Gasteiger partial charge in [0.15, 0.2) is 5.12 Å². The Morgan fingerprint density at radius 3 is 2.80 bits per heavy atom. The molecule has 0 unspecified atom stereocenters. The fourth-order valence-electron chi connectivity index (χ4n) is 1.03. The molecule has 82 valence electrons. The van der Waals surface area contributed by atoms with Crippen LogP contribution in [0.2, 0.25) is 0 Å². The lowest BCUT2D eigenvalue weighted by atomic mass is 10.4. The Bertz CT molecular complexity index is 290. The van der Waals surface area contributed by atoms with Crippen LogP contribution in [0.15, 0.2) is 29.4 Å². The molecule has 1 rings (SSSR count). The fourth-order valence-corrected chi connectivity index (χ4v) is 2.53. The number of thioether (sulfide) groups is 2. The van der Waals surface area contributed by atoms with Crippen molar-refractivity contribution in [2.75, 3.05) is 11.5 Å². The number of rotatable bonds is 6. The second-order valence-corrected chi connectivity index (χ2v) is 5.45. The number of hydrogen-bond acceptors (Lipinski definition) is 4. The third-order valence-electron chi connectivity index (χ3n) is 1.73. The third-order valence-corrected chi connectivity index (χ3v) is 3.66. The van der Waals surface area contributed by atoms with Crippen LogP contribution in [0, 0.1) is 0 Å². The van der Waals surface area contributed by atoms with E-state index in [-0.39, 0.29) is 5.12 Å². The molecule has 1 aromatic rings. The molecule has 0 saturated carbocycles. The minimum atomic E-state index is 0.215. The van der Waals surface area contributed by atoms with Crippen molar-refractivity contribution in [1.29, 1.82) is 0 Å². The van der Waals surface area contributed by atoms with Gasteiger partial charge in [0.1, 0.15) is 0 Å². The van der Waals surface area contributed by atoms with Crippen molar-refractivity contribution >= 4 is 28.6 Å². The second-order valence-electron chi connectivity index (χ2n) is 3.06. The number of hydrogen-bond donors (Lipinski definition) is 0. The molecule has 0 amide bonds. The highest BCUT2D eigenvalue weighted by Crippen LogP contribution is 2.16. The normalized spacial score (nSPS) is 10.2. The summed E-state index contributed by atoms with van der Waals surface area (Å²) in [5.74, 6) is 2.02. The van der Waals surface area contributed by atoms with Gasteiger partial charge in [0.2, 0.25) is 0 Å². The molecule has 1 aromatic heterocycles. The van der Waals surface area contributed by atoms with Crippen LogP contribution in [-0.2, 0) is 4.79 Å². The van der Waals surface area contributed by atoms with Crippen molar-refractivity contribution in [3.05, 3.63) is 24.4 Å². The van der Waals surface area contributed by atoms with Crippen molar-refractivity contribution < 1.29 is 4.79 Å². The molecule has 15 heavy (non-hydrogen) atoms. The van der Waals surface area contributed by atoms with E-state index >= 15 is 0 Å². The van der Waals surface area contributed by atoms with Crippen molar-refractivity contribution in [2.45, 2.75) is 24.8 Å². The van der Waals surface area contributed by atoms with Crippen LogP contribution in [0.1, 0.15) is 19.8 Å². The van der Waals surface area contributed by atoms with Gasteiger partial charge in [-0.3, -0.25) is 4.79 Å². The number of nitrogens with zero attached hydrogens (tertiary/aromatic N) is 1. The van der Waals surface area contributed by atoms with Gasteiger partial charge in [-0.15, -0.1) is 11.8 Å². The number of aromatic nitrogens is 1. The van der Waals surface area contributed by atoms with Crippen molar-refractivity contribution in [3.63, 3.8) is 0 Å². The quantitative estimate of drug-likeness (QED) is 0.565. The zero-order chi connectivity index (χ0) is 10.9. The monoisotopic (exact) mass is 241 g/mol. The molecule has 1 heterocycles. The van der Waals surface area contributed by atoms with E-state index in [2.05, 4.69) is 4.98 Å². The summed E-state index contributed by atoms with van der Waals surface area (Å²) in [4.78, 5) is 14.9. The smallest absolute Gasteiger partial charge is 0.185 e. The van der Waals surface area contributed by atoms with Gasteiger partial charge in [-0.1, -0.05) is 17.8 Å². The van der Waals surface area contributed by atoms with E-state index in [1.54, 1.807) is 18.7 Å². The molecule has 0 aliphatic carbocycles. The van der Waals surface area contributed by atoms with E-state index in [9.17, 15) is 4.79 Å². The predicted octanol–water partition coefficient (Wildman–Crippen LogP) is 3.23. The van der Waals surface area contributed by atoms with Crippen LogP contribution in [0.3, 0.4) is 0 Å². The second kappa shape index (κ2) is 7.77. The lowest BCUT2D eigenvalue weighted by molar-refractivity contribution is -0.109. The molecule has 0 N–H and O–H groups in total. The van der Waals surface area contributed by atoms with Gasteiger partial charge in [0.05, 0.1) is 5.03 Å². The molecule has 0 aliphatic rings. The predicted molar refractivity (Wildman–Crippen MR) is 67.3 cm³/mol. The Morgan fingerprint density at radius 2 is 2.13 bits per heavy atom. The topological polar surface area (TPSA) is 30.0 Å². The number of carbonyl (C=O) groups is 1. The van der Waals surface area contributed by atoms with Crippen LogP contribution >= 0.6 is 23.5 Å². The highest BCUT2D eigenvalue weighted by Gasteiger charge is 1.96. The average molecular weight is 241 g/mol. The summed E-state index contributed by atoms with van der Waals surface area (Å²) in [6, 6.07) is 5.95. The number of carbonyl (C=O) groups excluding carboxylic acids is 1. The highest BCUT2D eigenvalue weighted by atomic mass is 32.2. The minimum Gasteiger partial charge on any atom is -0.288 e. The van der Waals surface area contributed by atoms with Crippen molar-refractivity contribution in [2.24, 2.45) is 0 Å². The Kier molecular flexibility index (Phi) is 6.52. The molecule has 0 saturated heterocycles. The standard InChI is InChI=1S/C11H15NOS2/c1-10(13)14-8-4-5-9-15-11-6-2-3-7-12-11/h2-3,6-7H,4-5,8-9H2,1H3. The zero-order valence-electron chi connectivity index (χ0n) is 8.81. The Morgan fingerprint density at radius 1 is 1.33 bits per heavy atom. The first-order valence-electron chi connectivity index (χ1n) is 4.96. The van der Waals surface area contributed by atoms with Crippen LogP contribution in [0.5, 0.6) is 0 Å². The zero-order valence-corrected chi connectivity index (χ0v) is 10.4. The molecule has 0 aromatic carbocycles. The maximum atomic E-state index is 10.6. The van der Waals surface area contributed by atoms with Gasteiger partial charge in [0, 0.05) is 18.9 Å². The molecule has 0 bridgehead atoms. The molecular formula is C11H15NOS2. The van der Waals surface area contributed by atoms with Crippen molar-refractivity contribution in [1.82, 2.24) is 4.98 Å². The largest absolute Gasteiger partial charge is 0.288 e. The maximum Gasteiger partial charge on any atom is 0.185 e. The molecule has 4 heteroatoms. The maximum absolute atomic E-state index is 10.6. The van der Waals surface area contributed by atoms with Gasteiger partial charge in [-0.2, -0.15) is 0 Å². The Labute approximate surface area is 99.2 Å². The van der Waals surface area contributed by atoms with E-state index < -0.39 is 0 Å². The summed E-state index contributed by atoms with van der Waals surface area (Å²) in [5, 5.41) is 1.30. The lowest BCUT2D eigenvalue weighted by Gasteiger charge is -1.99. The van der Waals surface area contributed by atoms with E-state index in [0.29, 0.717) is 0 Å². The third kappa shape index (κ3) is 6.57. The average Bonchev–Trinajstić information content (AvgIpc) is 2.24. The lowest BCUT2D eigenvalue weighted by Crippen LogP contribution is -1.88. The molecule has 0 fully saturated rings. The van der Waals surface area contributed by atoms with E-state index in [1.165, 1.54) is 11.8 Å². The van der Waals surface area contributed by atoms with Crippen LogP contribution in [0.4, 0.5) is 0 Å². The van der Waals surface area contributed by atoms with Crippen LogP contribution < -0.4 is 0 Å². The van der Waals surface area contributed by atoms with Crippen LogP contribution in [-0.4, -0.2) is 21.6 Å². The molecule has 0 spiro atoms. The first-order valence-corrected chi connectivity index (χ1v) is 6.93. The van der Waals surface area contributed by atoms with E-state index in [1.807, 2.05) is 24.4 Å². The first-order chi connectivity index (χ1) is 7.29. The molecular weight excluding hydrogens is 226 g/mol. The Hall–Kier alpha value is -0.480. The summed E-state index contributed by atoms with van der Waals surface area (Å²) in [5.41, 5.74) is 0. The van der Waals surface area contributed by atoms with Gasteiger partial charge in [-0.25, -0.2) is 4.98 Å². The van der Waals surface area contributed by atoms with Gasteiger partial charge >= 0.3 is 0 Å². The molecule has 2 nitrogen and oxygen atoms in total. The molecule has 0 aliphatic heterocycles. The molecule has 0 atom stereocenters. The SMILES string of the molecule is CC(=O)SCCCCSc1ccccn1. The van der Waals surface area contributed by atoms with E-state index in [4.69, 9.17) is 0 Å². The minimum absolute atomic E-state index is 0.215. The van der Waals surface area contributed by atoms with Gasteiger partial charge in [-0.05, 0) is 30.7 Å². The summed E-state index contributed by atoms with van der Waals surface area (Å²) in [7, 11) is 0. The summed E-state index contributed by atoms with van der Waals surface area (Å²) in [6.07, 6.45) is 4.06. The number of pyridine rings is 1. The fraction of sp³-hybridized carbons (Fsp3) is 0.455. The van der Waals surface area contributed by atoms with Crippen molar-refractivity contribution in [3.8, 4) is 0 Å². The van der Waals surface area contributed by atoms with Crippen LogP contribution in [0.25, 0.3) is 0 Å². The Balaban J connectivity index is 2.00. The summed E-state index contributed by atoms with van der Waals surface area (Å²) in [6.45, 7) is 1.62. The summed E-state index contributed by atoms with van der Waals surface area (Å²) >= 11 is 3.19. The van der Waals surface area contributed by atoms with Gasteiger partial charge < -0.3 is 0 Å². The summed E-state index contributed by atoms with van der Waals surface area (Å²) < 4.78 is 0. The highest BCUT2D eigenvalue weighted by molar-refractivity contribution is 8.13. The van der Waals surface area contributed by atoms with E-state index in [0.717, 1.165) is 29.4 Å². The van der Waals surface area contributed by atoms with Gasteiger partial charge in [0.25, 0.3) is 0 Å². The number of unbranched alkanes of at least 4 members (excludes halogenated alkanes) is 1.